The lowest BCUT2D eigenvalue weighted by Crippen LogP contribution is -2.42. The minimum Gasteiger partial charge on any atom is -0.435 e. The minimum absolute atomic E-state index is 0.156. The summed E-state index contributed by atoms with van der Waals surface area (Å²) in [4.78, 5) is 9.80. The molecule has 148 valence electrons. The fraction of sp³-hybridized carbons (Fsp3) is 0.421. The van der Waals surface area contributed by atoms with E-state index in [1.54, 1.807) is 42.6 Å². The molecule has 1 N–H and O–H groups in total. The number of nitrogens with one attached hydrogen (secondary N) is 1. The minimum atomic E-state index is -2.81. The van der Waals surface area contributed by atoms with Gasteiger partial charge >= 0.3 is 6.61 Å². The second-order valence-electron chi connectivity index (χ2n) is 6.30. The van der Waals surface area contributed by atoms with E-state index < -0.39 is 6.61 Å². The van der Waals surface area contributed by atoms with Crippen LogP contribution in [0.4, 0.5) is 8.78 Å². The summed E-state index contributed by atoms with van der Waals surface area (Å²) in [6.07, 6.45) is 0. The zero-order valence-corrected chi connectivity index (χ0v) is 16.8. The van der Waals surface area contributed by atoms with Gasteiger partial charge in [-0.2, -0.15) is 8.78 Å². The number of halogens is 2. The molecule has 0 fully saturated rings. The summed E-state index contributed by atoms with van der Waals surface area (Å²) in [5.74, 6) is 0.926. The molecule has 0 amide bonds. The number of benzene rings is 1. The molecule has 0 aliphatic carbocycles. The van der Waals surface area contributed by atoms with Crippen molar-refractivity contribution in [1.82, 2.24) is 15.1 Å². The molecule has 1 heterocycles. The second kappa shape index (κ2) is 10.2. The molecular weight excluding hydrogens is 370 g/mol. The molecule has 8 heteroatoms. The van der Waals surface area contributed by atoms with Crippen LogP contribution in [0.5, 0.6) is 5.75 Å². The van der Waals surface area contributed by atoms with Crippen LogP contribution in [0, 0.1) is 0 Å². The normalized spacial score (nSPS) is 13.1. The first kappa shape index (κ1) is 21.1. The van der Waals surface area contributed by atoms with Crippen molar-refractivity contribution in [2.45, 2.75) is 19.2 Å². The molecule has 1 unspecified atom stereocenters. The third kappa shape index (κ3) is 6.48. The Bertz CT molecular complexity index is 705. The van der Waals surface area contributed by atoms with Crippen LogP contribution < -0.4 is 10.1 Å². The van der Waals surface area contributed by atoms with E-state index >= 15 is 0 Å². The molecule has 5 nitrogen and oxygen atoms in total. The number of hydrogen-bond donors (Lipinski definition) is 1. The van der Waals surface area contributed by atoms with Crippen LogP contribution in [-0.4, -0.2) is 57.1 Å². The van der Waals surface area contributed by atoms with Gasteiger partial charge in [0.25, 0.3) is 0 Å². The van der Waals surface area contributed by atoms with Gasteiger partial charge in [-0.15, -0.1) is 11.3 Å². The third-order valence-electron chi connectivity index (χ3n) is 4.09. The van der Waals surface area contributed by atoms with Crippen molar-refractivity contribution in [2.24, 2.45) is 4.99 Å². The first-order valence-electron chi connectivity index (χ1n) is 8.56. The molecule has 0 bridgehead atoms. The van der Waals surface area contributed by atoms with Gasteiger partial charge in [0, 0.05) is 32.1 Å². The maximum absolute atomic E-state index is 12.2. The predicted octanol–water partition coefficient (Wildman–Crippen LogP) is 3.66. The quantitative estimate of drug-likeness (QED) is 0.546. The summed E-state index contributed by atoms with van der Waals surface area (Å²) in [5, 5.41) is 5.49. The molecule has 2 aromatic rings. The lowest BCUT2D eigenvalue weighted by Gasteiger charge is -2.27. The van der Waals surface area contributed by atoms with Crippen molar-refractivity contribution < 1.29 is 13.5 Å². The Balaban J connectivity index is 1.94. The Labute approximate surface area is 163 Å². The summed E-state index contributed by atoms with van der Waals surface area (Å²) in [6.45, 7) is -1.49. The molecule has 27 heavy (non-hydrogen) atoms. The van der Waals surface area contributed by atoms with Crippen LogP contribution in [0.15, 0.2) is 46.8 Å². The van der Waals surface area contributed by atoms with Gasteiger partial charge in [-0.3, -0.25) is 4.99 Å². The van der Waals surface area contributed by atoms with E-state index in [0.717, 1.165) is 18.1 Å². The summed E-state index contributed by atoms with van der Waals surface area (Å²) in [6, 6.07) is 11.1. The lowest BCUT2D eigenvalue weighted by molar-refractivity contribution is -0.0498. The van der Waals surface area contributed by atoms with Crippen LogP contribution in [0.1, 0.15) is 16.5 Å². The van der Waals surface area contributed by atoms with Gasteiger partial charge in [-0.1, -0.05) is 18.2 Å². The number of guanidine groups is 1. The molecule has 1 aromatic heterocycles. The van der Waals surface area contributed by atoms with Crippen LogP contribution in [0.25, 0.3) is 0 Å². The molecule has 0 aliphatic heterocycles. The van der Waals surface area contributed by atoms with Gasteiger partial charge in [0.2, 0.25) is 0 Å². The number of hydrogen-bond acceptors (Lipinski definition) is 4. The van der Waals surface area contributed by atoms with E-state index in [1.807, 2.05) is 11.9 Å². The number of likely N-dealkylation sites (N-methyl/N-ethyl adjacent to an activating group) is 1. The summed E-state index contributed by atoms with van der Waals surface area (Å²) in [7, 11) is 7.80. The zero-order chi connectivity index (χ0) is 19.8. The maximum Gasteiger partial charge on any atom is 0.387 e. The maximum atomic E-state index is 12.2. The van der Waals surface area contributed by atoms with Gasteiger partial charge < -0.3 is 19.9 Å². The average molecular weight is 397 g/mol. The average Bonchev–Trinajstić information content (AvgIpc) is 3.13. The van der Waals surface area contributed by atoms with Gasteiger partial charge in [-0.05, 0) is 43.2 Å². The molecule has 0 aliphatic rings. The van der Waals surface area contributed by atoms with Crippen LogP contribution in [-0.2, 0) is 6.54 Å². The van der Waals surface area contributed by atoms with E-state index in [4.69, 9.17) is 0 Å². The molecule has 2 rings (SSSR count). The molecule has 0 radical (unpaired) electrons. The summed E-state index contributed by atoms with van der Waals surface area (Å²) in [5.41, 5.74) is 0.976. The third-order valence-corrected chi connectivity index (χ3v) is 5.06. The Morgan fingerprint density at radius 3 is 2.41 bits per heavy atom. The van der Waals surface area contributed by atoms with E-state index in [9.17, 15) is 8.78 Å². The van der Waals surface area contributed by atoms with Crippen molar-refractivity contribution in [3.8, 4) is 5.75 Å². The number of ether oxygens (including phenoxy) is 1. The van der Waals surface area contributed by atoms with Crippen molar-refractivity contribution >= 4 is 17.3 Å². The SMILES string of the molecule is CN=C(NCC(c1cccs1)N(C)C)N(C)Cc1ccc(OC(F)F)cc1. The second-order valence-corrected chi connectivity index (χ2v) is 7.28. The largest absolute Gasteiger partial charge is 0.435 e. The molecule has 0 saturated carbocycles. The van der Waals surface area contributed by atoms with Crippen molar-refractivity contribution in [1.29, 1.82) is 0 Å². The van der Waals surface area contributed by atoms with Crippen molar-refractivity contribution in [3.05, 3.63) is 52.2 Å². The van der Waals surface area contributed by atoms with Gasteiger partial charge in [0.05, 0.1) is 6.04 Å². The van der Waals surface area contributed by atoms with E-state index in [1.165, 1.54) is 4.88 Å². The molecule has 1 atom stereocenters. The first-order chi connectivity index (χ1) is 12.9. The van der Waals surface area contributed by atoms with E-state index in [0.29, 0.717) is 6.54 Å². The molecule has 1 aromatic carbocycles. The zero-order valence-electron chi connectivity index (χ0n) is 16.0. The summed E-state index contributed by atoms with van der Waals surface area (Å²) >= 11 is 1.73. The smallest absolute Gasteiger partial charge is 0.387 e. The first-order valence-corrected chi connectivity index (χ1v) is 9.44. The van der Waals surface area contributed by atoms with Crippen molar-refractivity contribution in [2.75, 3.05) is 34.7 Å². The molecule has 0 saturated heterocycles. The Morgan fingerprint density at radius 2 is 1.89 bits per heavy atom. The fourth-order valence-corrected chi connectivity index (χ4v) is 3.64. The number of thiophene rings is 1. The lowest BCUT2D eigenvalue weighted by atomic mass is 10.2. The monoisotopic (exact) mass is 396 g/mol. The summed E-state index contributed by atoms with van der Waals surface area (Å²) < 4.78 is 28.8. The fourth-order valence-electron chi connectivity index (χ4n) is 2.72. The Morgan fingerprint density at radius 1 is 1.19 bits per heavy atom. The van der Waals surface area contributed by atoms with Gasteiger partial charge in [-0.25, -0.2) is 0 Å². The van der Waals surface area contributed by atoms with Crippen LogP contribution >= 0.6 is 11.3 Å². The number of aliphatic imine (C=N–C) groups is 1. The van der Waals surface area contributed by atoms with E-state index in [-0.39, 0.29) is 11.8 Å². The van der Waals surface area contributed by atoms with Crippen molar-refractivity contribution in [3.63, 3.8) is 0 Å². The standard InChI is InChI=1S/C19H26F2N4OS/c1-22-19(23-12-16(24(2)3)17-6-5-11-27-17)25(4)13-14-7-9-15(10-8-14)26-18(20)21/h5-11,16,18H,12-13H2,1-4H3,(H,22,23). The van der Waals surface area contributed by atoms with E-state index in [2.05, 4.69) is 51.6 Å². The van der Waals surface area contributed by atoms with Crippen LogP contribution in [0.3, 0.4) is 0 Å². The van der Waals surface area contributed by atoms with Crippen LogP contribution in [0.2, 0.25) is 0 Å². The van der Waals surface area contributed by atoms with Gasteiger partial charge in [0.15, 0.2) is 5.96 Å². The predicted molar refractivity (Wildman–Crippen MR) is 107 cm³/mol. The highest BCUT2D eigenvalue weighted by atomic mass is 32.1. The van der Waals surface area contributed by atoms with Gasteiger partial charge in [0.1, 0.15) is 5.75 Å². The highest BCUT2D eigenvalue weighted by molar-refractivity contribution is 7.10. The topological polar surface area (TPSA) is 40.1 Å². The Kier molecular flexibility index (Phi) is 7.99. The highest BCUT2D eigenvalue weighted by Crippen LogP contribution is 2.22. The molecule has 0 spiro atoms. The number of alkyl halides is 2. The number of nitrogens with zero attached hydrogens (tertiary/aromatic N) is 3. The Hall–Kier alpha value is -2.19. The number of rotatable bonds is 8. The molecular formula is C19H26F2N4OS. The highest BCUT2D eigenvalue weighted by Gasteiger charge is 2.17.